The quantitative estimate of drug-likeness (QED) is 0.673. The molecular weight excluding hydrogens is 214 g/mol. The van der Waals surface area contributed by atoms with Gasteiger partial charge in [0.1, 0.15) is 11.6 Å². The van der Waals surface area contributed by atoms with Crippen molar-refractivity contribution in [3.05, 3.63) is 35.4 Å². The Morgan fingerprint density at radius 2 is 2.00 bits per heavy atom. The minimum Gasteiger partial charge on any atom is -0.207 e. The lowest BCUT2D eigenvalue weighted by atomic mass is 10.1. The SMILES string of the molecule is Fc1ccc(CCBr)c(F)c1. The molecule has 0 saturated carbocycles. The van der Waals surface area contributed by atoms with Gasteiger partial charge in [0.25, 0.3) is 0 Å². The molecule has 0 nitrogen and oxygen atoms in total. The summed E-state index contributed by atoms with van der Waals surface area (Å²) in [5, 5.41) is 0.690. The first-order valence-corrected chi connectivity index (χ1v) is 4.36. The Kier molecular flexibility index (Phi) is 3.00. The van der Waals surface area contributed by atoms with Gasteiger partial charge in [-0.05, 0) is 18.1 Å². The number of aryl methyl sites for hydroxylation is 1. The van der Waals surface area contributed by atoms with E-state index < -0.39 is 11.6 Å². The van der Waals surface area contributed by atoms with E-state index in [0.717, 1.165) is 6.07 Å². The average molecular weight is 221 g/mol. The van der Waals surface area contributed by atoms with Crippen LogP contribution in [0.15, 0.2) is 18.2 Å². The van der Waals surface area contributed by atoms with Gasteiger partial charge in [0, 0.05) is 11.4 Å². The van der Waals surface area contributed by atoms with Gasteiger partial charge >= 0.3 is 0 Å². The molecule has 0 radical (unpaired) electrons. The Balaban J connectivity index is 2.90. The predicted octanol–water partition coefficient (Wildman–Crippen LogP) is 2.90. The molecule has 0 heterocycles. The van der Waals surface area contributed by atoms with Crippen LogP contribution in [0.3, 0.4) is 0 Å². The standard InChI is InChI=1S/C8H7BrF2/c9-4-3-6-1-2-7(10)5-8(6)11/h1-2,5H,3-4H2. The second-order valence-electron chi connectivity index (χ2n) is 2.17. The summed E-state index contributed by atoms with van der Waals surface area (Å²) in [6.07, 6.45) is 0.589. The summed E-state index contributed by atoms with van der Waals surface area (Å²) in [5.41, 5.74) is 0.545. The van der Waals surface area contributed by atoms with Crippen LogP contribution in [0.1, 0.15) is 5.56 Å². The van der Waals surface area contributed by atoms with Gasteiger partial charge in [-0.1, -0.05) is 22.0 Å². The number of hydrogen-bond donors (Lipinski definition) is 0. The molecule has 0 amide bonds. The van der Waals surface area contributed by atoms with Crippen molar-refractivity contribution >= 4 is 15.9 Å². The maximum absolute atomic E-state index is 12.8. The van der Waals surface area contributed by atoms with Gasteiger partial charge in [-0.25, -0.2) is 8.78 Å². The summed E-state index contributed by atoms with van der Waals surface area (Å²) >= 11 is 3.18. The highest BCUT2D eigenvalue weighted by Crippen LogP contribution is 2.10. The summed E-state index contributed by atoms with van der Waals surface area (Å²) in [7, 11) is 0. The molecule has 0 saturated heterocycles. The second kappa shape index (κ2) is 3.81. The number of hydrogen-bond acceptors (Lipinski definition) is 0. The largest absolute Gasteiger partial charge is 0.207 e. The summed E-state index contributed by atoms with van der Waals surface area (Å²) in [6.45, 7) is 0. The average Bonchev–Trinajstić information content (AvgIpc) is 1.95. The number of halogens is 3. The first-order valence-electron chi connectivity index (χ1n) is 3.24. The highest BCUT2D eigenvalue weighted by molar-refractivity contribution is 9.09. The van der Waals surface area contributed by atoms with Gasteiger partial charge in [-0.15, -0.1) is 0 Å². The van der Waals surface area contributed by atoms with E-state index in [0.29, 0.717) is 17.3 Å². The Morgan fingerprint density at radius 1 is 1.27 bits per heavy atom. The van der Waals surface area contributed by atoms with Crippen LogP contribution in [0.2, 0.25) is 0 Å². The van der Waals surface area contributed by atoms with Gasteiger partial charge in [0.2, 0.25) is 0 Å². The van der Waals surface area contributed by atoms with Crippen LogP contribution in [-0.2, 0) is 6.42 Å². The minimum atomic E-state index is -0.527. The lowest BCUT2D eigenvalue weighted by molar-refractivity contribution is 0.574. The topological polar surface area (TPSA) is 0 Å². The third-order valence-corrected chi connectivity index (χ3v) is 1.78. The maximum Gasteiger partial charge on any atom is 0.129 e. The molecule has 0 aliphatic rings. The van der Waals surface area contributed by atoms with Gasteiger partial charge in [-0.2, -0.15) is 0 Å². The van der Waals surface area contributed by atoms with Gasteiger partial charge in [0.05, 0.1) is 0 Å². The highest BCUT2D eigenvalue weighted by Gasteiger charge is 2.01. The zero-order valence-corrected chi connectivity index (χ0v) is 7.37. The van der Waals surface area contributed by atoms with Gasteiger partial charge < -0.3 is 0 Å². The lowest BCUT2D eigenvalue weighted by Crippen LogP contribution is -1.91. The van der Waals surface area contributed by atoms with Gasteiger partial charge in [0.15, 0.2) is 0 Å². The zero-order chi connectivity index (χ0) is 8.27. The lowest BCUT2D eigenvalue weighted by Gasteiger charge is -1.98. The predicted molar refractivity (Wildman–Crippen MR) is 43.9 cm³/mol. The number of alkyl halides is 1. The molecule has 0 aromatic heterocycles. The molecule has 0 unspecified atom stereocenters. The molecular formula is C8H7BrF2. The van der Waals surface area contributed by atoms with E-state index in [4.69, 9.17) is 0 Å². The van der Waals surface area contributed by atoms with Crippen LogP contribution < -0.4 is 0 Å². The van der Waals surface area contributed by atoms with Crippen molar-refractivity contribution in [2.24, 2.45) is 0 Å². The third kappa shape index (κ3) is 2.26. The zero-order valence-electron chi connectivity index (χ0n) is 5.78. The van der Waals surface area contributed by atoms with Crippen molar-refractivity contribution in [3.8, 4) is 0 Å². The van der Waals surface area contributed by atoms with E-state index in [1.54, 1.807) is 0 Å². The van der Waals surface area contributed by atoms with E-state index in [1.807, 2.05) is 0 Å². The normalized spacial score (nSPS) is 10.1. The molecule has 0 aliphatic carbocycles. The van der Waals surface area contributed by atoms with Crippen LogP contribution in [0, 0.1) is 11.6 Å². The molecule has 0 fully saturated rings. The van der Waals surface area contributed by atoms with Crippen molar-refractivity contribution in [1.29, 1.82) is 0 Å². The monoisotopic (exact) mass is 220 g/mol. The molecule has 3 heteroatoms. The first kappa shape index (κ1) is 8.65. The smallest absolute Gasteiger partial charge is 0.129 e. The van der Waals surface area contributed by atoms with Crippen molar-refractivity contribution in [1.82, 2.24) is 0 Å². The van der Waals surface area contributed by atoms with Crippen molar-refractivity contribution in [3.63, 3.8) is 0 Å². The van der Waals surface area contributed by atoms with E-state index in [9.17, 15) is 8.78 Å². The summed E-state index contributed by atoms with van der Waals surface area (Å²) in [4.78, 5) is 0. The van der Waals surface area contributed by atoms with Crippen LogP contribution in [0.25, 0.3) is 0 Å². The molecule has 60 valence electrons. The van der Waals surface area contributed by atoms with Crippen molar-refractivity contribution in [2.45, 2.75) is 6.42 Å². The third-order valence-electron chi connectivity index (χ3n) is 1.38. The Hall–Kier alpha value is -0.440. The van der Waals surface area contributed by atoms with E-state index >= 15 is 0 Å². The van der Waals surface area contributed by atoms with E-state index in [2.05, 4.69) is 15.9 Å². The van der Waals surface area contributed by atoms with Crippen LogP contribution in [0.4, 0.5) is 8.78 Å². The first-order chi connectivity index (χ1) is 5.24. The van der Waals surface area contributed by atoms with Crippen molar-refractivity contribution < 1.29 is 8.78 Å². The Labute approximate surface area is 72.4 Å². The van der Waals surface area contributed by atoms with Crippen LogP contribution >= 0.6 is 15.9 Å². The van der Waals surface area contributed by atoms with E-state index in [1.165, 1.54) is 12.1 Å². The molecule has 11 heavy (non-hydrogen) atoms. The fourth-order valence-corrected chi connectivity index (χ4v) is 1.25. The van der Waals surface area contributed by atoms with E-state index in [-0.39, 0.29) is 0 Å². The molecule has 0 bridgehead atoms. The fraction of sp³-hybridized carbons (Fsp3) is 0.250. The molecule has 1 aromatic rings. The number of benzene rings is 1. The summed E-state index contributed by atoms with van der Waals surface area (Å²) in [5.74, 6) is -0.995. The Bertz CT molecular complexity index is 248. The molecule has 0 aliphatic heterocycles. The summed E-state index contributed by atoms with van der Waals surface area (Å²) < 4.78 is 25.1. The van der Waals surface area contributed by atoms with Crippen LogP contribution in [-0.4, -0.2) is 5.33 Å². The molecule has 1 rings (SSSR count). The van der Waals surface area contributed by atoms with Crippen molar-refractivity contribution in [2.75, 3.05) is 5.33 Å². The van der Waals surface area contributed by atoms with Gasteiger partial charge in [-0.3, -0.25) is 0 Å². The fourth-order valence-electron chi connectivity index (χ4n) is 0.826. The van der Waals surface area contributed by atoms with Crippen LogP contribution in [0.5, 0.6) is 0 Å². The number of rotatable bonds is 2. The highest BCUT2D eigenvalue weighted by atomic mass is 79.9. The molecule has 1 aromatic carbocycles. The Morgan fingerprint density at radius 3 is 2.55 bits per heavy atom. The minimum absolute atomic E-state index is 0.468. The molecule has 0 atom stereocenters. The summed E-state index contributed by atoms with van der Waals surface area (Å²) in [6, 6.07) is 3.63. The maximum atomic E-state index is 12.8. The molecule has 0 N–H and O–H groups in total. The second-order valence-corrected chi connectivity index (χ2v) is 2.97. The molecule has 0 spiro atoms.